The Hall–Kier alpha value is -0.480. The van der Waals surface area contributed by atoms with Gasteiger partial charge in [-0.3, -0.25) is 0 Å². The van der Waals surface area contributed by atoms with Gasteiger partial charge in [0.2, 0.25) is 0 Å². The minimum Gasteiger partial charge on any atom is -0.395 e. The minimum atomic E-state index is -6.19. The molecular formula is C6H10F5NO3S. The summed E-state index contributed by atoms with van der Waals surface area (Å²) in [5, 5.41) is 2.51. The van der Waals surface area contributed by atoms with Crippen LogP contribution in [0.1, 0.15) is 6.92 Å². The molecular weight excluding hydrogens is 261 g/mol. The van der Waals surface area contributed by atoms with Gasteiger partial charge in [-0.15, -0.1) is 0 Å². The fraction of sp³-hybridized carbons (Fsp3) is 1.00. The zero-order valence-corrected chi connectivity index (χ0v) is 8.95. The first-order valence-electron chi connectivity index (χ1n) is 4.07. The van der Waals surface area contributed by atoms with Crippen LogP contribution in [0.2, 0.25) is 0 Å². The topological polar surface area (TPSA) is 57.6 Å². The molecule has 0 rings (SSSR count). The number of nitrogens with zero attached hydrogens (tertiary/aromatic N) is 1. The maximum absolute atomic E-state index is 12.6. The van der Waals surface area contributed by atoms with Crippen molar-refractivity contribution in [3.8, 4) is 0 Å². The van der Waals surface area contributed by atoms with Crippen LogP contribution in [0.3, 0.4) is 0 Å². The molecule has 0 aliphatic carbocycles. The fourth-order valence-electron chi connectivity index (χ4n) is 0.868. The van der Waals surface area contributed by atoms with Crippen LogP contribution in [0.5, 0.6) is 0 Å². The number of alkyl halides is 5. The van der Waals surface area contributed by atoms with Crippen molar-refractivity contribution in [2.45, 2.75) is 18.4 Å². The number of hydrogen-bond acceptors (Lipinski definition) is 3. The lowest BCUT2D eigenvalue weighted by atomic mass is 10.6. The van der Waals surface area contributed by atoms with E-state index in [4.69, 9.17) is 5.11 Å². The summed E-state index contributed by atoms with van der Waals surface area (Å²) in [4.78, 5) is 0. The second-order valence-electron chi connectivity index (χ2n) is 2.73. The van der Waals surface area contributed by atoms with Crippen molar-refractivity contribution in [1.29, 1.82) is 0 Å². The van der Waals surface area contributed by atoms with Crippen molar-refractivity contribution >= 4 is 10.0 Å². The quantitative estimate of drug-likeness (QED) is 0.752. The fourth-order valence-corrected chi connectivity index (χ4v) is 2.15. The lowest BCUT2D eigenvalue weighted by Crippen LogP contribution is -2.52. The number of aliphatic hydroxyl groups excluding tert-OH is 1. The van der Waals surface area contributed by atoms with Crippen LogP contribution in [0.25, 0.3) is 0 Å². The maximum Gasteiger partial charge on any atom is 0.470 e. The molecule has 0 aliphatic heterocycles. The summed E-state index contributed by atoms with van der Waals surface area (Å²) in [6, 6.07) is 0. The molecule has 10 heteroatoms. The molecule has 0 aromatic rings. The molecule has 0 spiro atoms. The Morgan fingerprint density at radius 1 is 1.19 bits per heavy atom. The van der Waals surface area contributed by atoms with Crippen molar-refractivity contribution in [3.05, 3.63) is 0 Å². The normalized spacial score (nSPS) is 14.5. The van der Waals surface area contributed by atoms with Crippen molar-refractivity contribution in [2.24, 2.45) is 0 Å². The zero-order chi connectivity index (χ0) is 13.2. The highest BCUT2D eigenvalue weighted by molar-refractivity contribution is 7.90. The third-order valence-electron chi connectivity index (χ3n) is 1.70. The predicted molar refractivity (Wildman–Crippen MR) is 44.3 cm³/mol. The maximum atomic E-state index is 12.6. The molecule has 0 unspecified atom stereocenters. The molecule has 0 bridgehead atoms. The van der Waals surface area contributed by atoms with Crippen LogP contribution in [0.4, 0.5) is 22.0 Å². The average Bonchev–Trinajstić information content (AvgIpc) is 2.11. The van der Waals surface area contributed by atoms with Crippen LogP contribution in [0.15, 0.2) is 0 Å². The van der Waals surface area contributed by atoms with Gasteiger partial charge in [0.05, 0.1) is 6.61 Å². The molecule has 0 amide bonds. The van der Waals surface area contributed by atoms with Gasteiger partial charge in [-0.05, 0) is 0 Å². The Bertz CT molecular complexity index is 326. The lowest BCUT2D eigenvalue weighted by Gasteiger charge is -2.26. The summed E-state index contributed by atoms with van der Waals surface area (Å²) in [5.74, 6) is 0. The van der Waals surface area contributed by atoms with Crippen LogP contribution in [-0.4, -0.2) is 49.0 Å². The van der Waals surface area contributed by atoms with Gasteiger partial charge in [0, 0.05) is 13.1 Å². The molecule has 0 aromatic carbocycles. The molecule has 0 fully saturated rings. The van der Waals surface area contributed by atoms with E-state index in [1.54, 1.807) is 0 Å². The van der Waals surface area contributed by atoms with E-state index in [-0.39, 0.29) is 4.31 Å². The highest BCUT2D eigenvalue weighted by atomic mass is 32.2. The first-order chi connectivity index (χ1) is 7.02. The molecule has 0 heterocycles. The Morgan fingerprint density at radius 2 is 1.62 bits per heavy atom. The van der Waals surface area contributed by atoms with Gasteiger partial charge in [0.1, 0.15) is 0 Å². The van der Waals surface area contributed by atoms with Crippen LogP contribution >= 0.6 is 0 Å². The molecule has 0 aromatic heterocycles. The Kier molecular flexibility index (Phi) is 4.65. The van der Waals surface area contributed by atoms with E-state index < -0.39 is 41.2 Å². The highest BCUT2D eigenvalue weighted by Gasteiger charge is 2.68. The van der Waals surface area contributed by atoms with Crippen LogP contribution in [-0.2, 0) is 10.0 Å². The van der Waals surface area contributed by atoms with Gasteiger partial charge >= 0.3 is 11.4 Å². The van der Waals surface area contributed by atoms with E-state index in [9.17, 15) is 30.4 Å². The van der Waals surface area contributed by atoms with E-state index in [1.807, 2.05) is 0 Å². The predicted octanol–water partition coefficient (Wildman–Crippen LogP) is 0.786. The minimum absolute atomic E-state index is 0.125. The van der Waals surface area contributed by atoms with Crippen LogP contribution < -0.4 is 0 Å². The summed E-state index contributed by atoms with van der Waals surface area (Å²) in [5.41, 5.74) is 0. The largest absolute Gasteiger partial charge is 0.470 e. The van der Waals surface area contributed by atoms with Crippen molar-refractivity contribution < 1.29 is 35.5 Å². The summed E-state index contributed by atoms with van der Waals surface area (Å²) in [6.45, 7) is -1.17. The van der Waals surface area contributed by atoms with Gasteiger partial charge in [0.25, 0.3) is 10.0 Å². The molecule has 1 N–H and O–H groups in total. The van der Waals surface area contributed by atoms with Gasteiger partial charge < -0.3 is 5.11 Å². The summed E-state index contributed by atoms with van der Waals surface area (Å²) in [7, 11) is -5.86. The van der Waals surface area contributed by atoms with E-state index >= 15 is 0 Å². The monoisotopic (exact) mass is 271 g/mol. The second kappa shape index (κ2) is 4.80. The number of hydrogen-bond donors (Lipinski definition) is 1. The molecule has 0 aliphatic rings. The molecule has 0 saturated carbocycles. The first kappa shape index (κ1) is 15.5. The van der Waals surface area contributed by atoms with Crippen LogP contribution in [0, 0.1) is 0 Å². The Balaban J connectivity index is 5.34. The number of rotatable bonds is 5. The van der Waals surface area contributed by atoms with E-state index in [0.29, 0.717) is 0 Å². The smallest absolute Gasteiger partial charge is 0.395 e. The molecule has 16 heavy (non-hydrogen) atoms. The number of halogens is 5. The molecule has 4 nitrogen and oxygen atoms in total. The van der Waals surface area contributed by atoms with Gasteiger partial charge in [-0.25, -0.2) is 8.42 Å². The SMILES string of the molecule is CCN(CCO)S(=O)(=O)C(F)(F)C(F)(F)F. The molecule has 0 atom stereocenters. The van der Waals surface area contributed by atoms with Gasteiger partial charge in [-0.1, -0.05) is 6.92 Å². The van der Waals surface area contributed by atoms with Crippen molar-refractivity contribution in [2.75, 3.05) is 19.7 Å². The van der Waals surface area contributed by atoms with Crippen molar-refractivity contribution in [1.82, 2.24) is 4.31 Å². The number of aliphatic hydroxyl groups is 1. The van der Waals surface area contributed by atoms with E-state index in [1.165, 1.54) is 0 Å². The van der Waals surface area contributed by atoms with Gasteiger partial charge in [0.15, 0.2) is 0 Å². The Labute approximate surface area is 88.7 Å². The van der Waals surface area contributed by atoms with E-state index in [0.717, 1.165) is 6.92 Å². The average molecular weight is 271 g/mol. The first-order valence-corrected chi connectivity index (χ1v) is 5.51. The third kappa shape index (κ3) is 2.61. The molecule has 0 radical (unpaired) electrons. The molecule has 0 saturated heterocycles. The number of sulfonamides is 1. The number of likely N-dealkylation sites (N-methyl/N-ethyl adjacent to an activating group) is 1. The van der Waals surface area contributed by atoms with Gasteiger partial charge in [-0.2, -0.15) is 26.3 Å². The summed E-state index contributed by atoms with van der Waals surface area (Å²) < 4.78 is 82.6. The molecule has 98 valence electrons. The standard InChI is InChI=1S/C6H10F5NO3S/c1-2-12(3-4-13)16(14,15)6(10,11)5(7,8)9/h13H,2-4H2,1H3. The highest BCUT2D eigenvalue weighted by Crippen LogP contribution is 2.41. The summed E-state index contributed by atoms with van der Waals surface area (Å²) >= 11 is 0. The zero-order valence-electron chi connectivity index (χ0n) is 8.13. The van der Waals surface area contributed by atoms with E-state index in [2.05, 4.69) is 0 Å². The lowest BCUT2D eigenvalue weighted by molar-refractivity contribution is -0.242. The summed E-state index contributed by atoms with van der Waals surface area (Å²) in [6.07, 6.45) is -6.19. The second-order valence-corrected chi connectivity index (χ2v) is 4.71. The van der Waals surface area contributed by atoms with Crippen molar-refractivity contribution in [3.63, 3.8) is 0 Å². The third-order valence-corrected chi connectivity index (χ3v) is 3.70. The Morgan fingerprint density at radius 3 is 1.88 bits per heavy atom.